The molecule has 3 heteroatoms. The van der Waals surface area contributed by atoms with Gasteiger partial charge >= 0.3 is 0 Å². The maximum absolute atomic E-state index is 4.16. The normalized spacial score (nSPS) is 26.8. The molecule has 2 rings (SSSR count). The van der Waals surface area contributed by atoms with Crippen molar-refractivity contribution in [2.45, 2.75) is 19.9 Å². The Hall–Kier alpha value is -0.830. The van der Waals surface area contributed by atoms with E-state index >= 15 is 0 Å². The number of nitrogens with zero attached hydrogens (tertiary/aromatic N) is 2. The van der Waals surface area contributed by atoms with Crippen LogP contribution in [0.1, 0.15) is 25.5 Å². The number of aryl methyl sites for hydroxylation is 1. The molecule has 0 bridgehead atoms. The molecule has 3 nitrogen and oxygen atoms in total. The third-order valence-electron chi connectivity index (χ3n) is 2.60. The van der Waals surface area contributed by atoms with E-state index in [9.17, 15) is 0 Å². The third kappa shape index (κ3) is 1.05. The molecule has 1 aliphatic rings. The van der Waals surface area contributed by atoms with Crippen LogP contribution in [0.4, 0.5) is 0 Å². The second-order valence-corrected chi connectivity index (χ2v) is 4.25. The van der Waals surface area contributed by atoms with Crippen molar-refractivity contribution in [2.24, 2.45) is 12.5 Å². The van der Waals surface area contributed by atoms with Gasteiger partial charge in [0.05, 0.1) is 6.20 Å². The van der Waals surface area contributed by atoms with Crippen molar-refractivity contribution in [2.75, 3.05) is 6.54 Å². The lowest BCUT2D eigenvalue weighted by atomic mass is 9.75. The van der Waals surface area contributed by atoms with Crippen LogP contribution in [-0.2, 0) is 7.05 Å². The van der Waals surface area contributed by atoms with Crippen LogP contribution in [-0.4, -0.2) is 16.3 Å². The number of hydrogen-bond acceptors (Lipinski definition) is 2. The Morgan fingerprint density at radius 3 is 2.75 bits per heavy atom. The van der Waals surface area contributed by atoms with Crippen LogP contribution in [0.5, 0.6) is 0 Å². The fraction of sp³-hybridized carbons (Fsp3) is 0.667. The quantitative estimate of drug-likeness (QED) is 0.675. The maximum atomic E-state index is 4.16. The summed E-state index contributed by atoms with van der Waals surface area (Å²) in [5.74, 6) is 0. The Morgan fingerprint density at radius 2 is 2.42 bits per heavy atom. The summed E-state index contributed by atoms with van der Waals surface area (Å²) in [6.45, 7) is 5.66. The molecule has 1 N–H and O–H groups in total. The fourth-order valence-corrected chi connectivity index (χ4v) is 1.77. The zero-order chi connectivity index (χ0) is 8.77. The molecule has 1 unspecified atom stereocenters. The van der Waals surface area contributed by atoms with E-state index in [1.54, 1.807) is 0 Å². The van der Waals surface area contributed by atoms with Crippen LogP contribution in [0, 0.1) is 5.41 Å². The molecule has 0 aromatic carbocycles. The maximum Gasteiger partial charge on any atom is 0.0537 e. The average Bonchev–Trinajstić information content (AvgIpc) is 2.34. The Labute approximate surface area is 72.8 Å². The van der Waals surface area contributed by atoms with Crippen LogP contribution in [0.3, 0.4) is 0 Å². The van der Waals surface area contributed by atoms with Crippen LogP contribution in [0.15, 0.2) is 12.4 Å². The lowest BCUT2D eigenvalue weighted by molar-refractivity contribution is 0.128. The van der Waals surface area contributed by atoms with Crippen LogP contribution in [0.2, 0.25) is 0 Å². The van der Waals surface area contributed by atoms with Gasteiger partial charge in [0.1, 0.15) is 0 Å². The SMILES string of the molecule is Cn1cc(C2NCC2(C)C)cn1. The molecule has 0 saturated carbocycles. The monoisotopic (exact) mass is 165 g/mol. The molecule has 1 aromatic rings. The molecule has 0 aliphatic carbocycles. The smallest absolute Gasteiger partial charge is 0.0537 e. The highest BCUT2D eigenvalue weighted by molar-refractivity contribution is 5.18. The lowest BCUT2D eigenvalue weighted by Crippen LogP contribution is -2.52. The number of nitrogens with one attached hydrogen (secondary N) is 1. The van der Waals surface area contributed by atoms with Gasteiger partial charge in [-0.25, -0.2) is 0 Å². The van der Waals surface area contributed by atoms with Crippen molar-refractivity contribution in [1.82, 2.24) is 15.1 Å². The topological polar surface area (TPSA) is 29.9 Å². The summed E-state index contributed by atoms with van der Waals surface area (Å²) in [5.41, 5.74) is 1.69. The predicted octanol–water partition coefficient (Wildman–Crippen LogP) is 1.09. The Kier molecular flexibility index (Phi) is 1.51. The summed E-state index contributed by atoms with van der Waals surface area (Å²) in [4.78, 5) is 0. The van der Waals surface area contributed by atoms with Crippen LogP contribution < -0.4 is 5.32 Å². The van der Waals surface area contributed by atoms with Gasteiger partial charge in [0.25, 0.3) is 0 Å². The largest absolute Gasteiger partial charge is 0.309 e. The van der Waals surface area contributed by atoms with Crippen molar-refractivity contribution in [3.63, 3.8) is 0 Å². The first kappa shape index (κ1) is 7.80. The van der Waals surface area contributed by atoms with Gasteiger partial charge in [0, 0.05) is 31.4 Å². The first-order valence-electron chi connectivity index (χ1n) is 4.31. The lowest BCUT2D eigenvalue weighted by Gasteiger charge is -2.45. The van der Waals surface area contributed by atoms with E-state index in [1.807, 2.05) is 17.9 Å². The minimum Gasteiger partial charge on any atom is -0.309 e. The molecule has 0 spiro atoms. The van der Waals surface area contributed by atoms with Gasteiger partial charge in [-0.15, -0.1) is 0 Å². The Bertz CT molecular complexity index is 288. The van der Waals surface area contributed by atoms with Crippen molar-refractivity contribution in [3.05, 3.63) is 18.0 Å². The zero-order valence-electron chi connectivity index (χ0n) is 7.83. The molecular weight excluding hydrogens is 150 g/mol. The first-order chi connectivity index (χ1) is 5.59. The van der Waals surface area contributed by atoms with E-state index in [-0.39, 0.29) is 0 Å². The van der Waals surface area contributed by atoms with Gasteiger partial charge in [0.15, 0.2) is 0 Å². The Morgan fingerprint density at radius 1 is 1.67 bits per heavy atom. The van der Waals surface area contributed by atoms with Crippen molar-refractivity contribution >= 4 is 0 Å². The van der Waals surface area contributed by atoms with Crippen LogP contribution in [0.25, 0.3) is 0 Å². The van der Waals surface area contributed by atoms with E-state index in [2.05, 4.69) is 30.5 Å². The Balaban J connectivity index is 2.21. The molecule has 12 heavy (non-hydrogen) atoms. The summed E-state index contributed by atoms with van der Waals surface area (Å²) in [6.07, 6.45) is 4.02. The highest BCUT2D eigenvalue weighted by Crippen LogP contribution is 2.39. The van der Waals surface area contributed by atoms with E-state index in [1.165, 1.54) is 5.56 Å². The van der Waals surface area contributed by atoms with E-state index in [0.717, 1.165) is 6.54 Å². The zero-order valence-corrected chi connectivity index (χ0v) is 7.83. The third-order valence-corrected chi connectivity index (χ3v) is 2.60. The standard InChI is InChI=1S/C9H15N3/c1-9(2)6-10-8(9)7-4-11-12(3)5-7/h4-5,8,10H,6H2,1-3H3. The fourth-order valence-electron chi connectivity index (χ4n) is 1.77. The van der Waals surface area contributed by atoms with Gasteiger partial charge in [0.2, 0.25) is 0 Å². The second kappa shape index (κ2) is 2.33. The molecule has 2 heterocycles. The van der Waals surface area contributed by atoms with E-state index in [4.69, 9.17) is 0 Å². The molecule has 1 aromatic heterocycles. The molecule has 1 atom stereocenters. The molecule has 0 radical (unpaired) electrons. The number of hydrogen-bond donors (Lipinski definition) is 1. The molecule has 66 valence electrons. The number of rotatable bonds is 1. The molecule has 1 aliphatic heterocycles. The summed E-state index contributed by atoms with van der Waals surface area (Å²) in [5, 5.41) is 7.57. The predicted molar refractivity (Wildman–Crippen MR) is 47.7 cm³/mol. The van der Waals surface area contributed by atoms with E-state index < -0.39 is 0 Å². The second-order valence-electron chi connectivity index (χ2n) is 4.25. The van der Waals surface area contributed by atoms with Gasteiger partial charge in [-0.05, 0) is 5.41 Å². The molecule has 0 amide bonds. The van der Waals surface area contributed by atoms with Gasteiger partial charge < -0.3 is 5.32 Å². The van der Waals surface area contributed by atoms with Crippen molar-refractivity contribution in [3.8, 4) is 0 Å². The van der Waals surface area contributed by atoms with Crippen molar-refractivity contribution in [1.29, 1.82) is 0 Å². The van der Waals surface area contributed by atoms with Gasteiger partial charge in [-0.1, -0.05) is 13.8 Å². The summed E-state index contributed by atoms with van der Waals surface area (Å²) in [6, 6.07) is 0.492. The average molecular weight is 165 g/mol. The van der Waals surface area contributed by atoms with E-state index in [0.29, 0.717) is 11.5 Å². The highest BCUT2D eigenvalue weighted by atomic mass is 15.2. The summed E-state index contributed by atoms with van der Waals surface area (Å²) < 4.78 is 1.85. The highest BCUT2D eigenvalue weighted by Gasteiger charge is 2.39. The number of aromatic nitrogens is 2. The summed E-state index contributed by atoms with van der Waals surface area (Å²) >= 11 is 0. The van der Waals surface area contributed by atoms with Crippen molar-refractivity contribution < 1.29 is 0 Å². The van der Waals surface area contributed by atoms with Crippen LogP contribution >= 0.6 is 0 Å². The first-order valence-corrected chi connectivity index (χ1v) is 4.31. The molecular formula is C9H15N3. The van der Waals surface area contributed by atoms with Gasteiger partial charge in [-0.3, -0.25) is 4.68 Å². The van der Waals surface area contributed by atoms with Gasteiger partial charge in [-0.2, -0.15) is 5.10 Å². The summed E-state index contributed by atoms with van der Waals surface area (Å²) in [7, 11) is 1.95. The minimum absolute atomic E-state index is 0.392. The molecule has 1 saturated heterocycles. The minimum atomic E-state index is 0.392. The molecule has 1 fully saturated rings.